The van der Waals surface area contributed by atoms with Gasteiger partial charge in [-0.2, -0.15) is 5.26 Å². The van der Waals surface area contributed by atoms with E-state index in [-0.39, 0.29) is 41.1 Å². The maximum absolute atomic E-state index is 13.3. The van der Waals surface area contributed by atoms with Crippen LogP contribution in [0.4, 0.5) is 16.4 Å². The predicted octanol–water partition coefficient (Wildman–Crippen LogP) is 3.07. The first-order valence-electron chi connectivity index (χ1n) is 12.9. The molecular weight excluding hydrogens is 488 g/mol. The average molecular weight is 519 g/mol. The first-order valence-corrected chi connectivity index (χ1v) is 12.9. The molecule has 11 nitrogen and oxygen atoms in total. The molecule has 0 unspecified atom stereocenters. The summed E-state index contributed by atoms with van der Waals surface area (Å²) in [5.74, 6) is 1.05. The zero-order chi connectivity index (χ0) is 26.8. The number of hydrogen-bond donors (Lipinski definition) is 1. The van der Waals surface area contributed by atoms with Crippen LogP contribution in [0, 0.1) is 17.2 Å². The first kappa shape index (κ1) is 25.6. The molecule has 2 aliphatic heterocycles. The summed E-state index contributed by atoms with van der Waals surface area (Å²) >= 11 is 0. The van der Waals surface area contributed by atoms with Crippen molar-refractivity contribution in [3.8, 4) is 11.8 Å². The lowest BCUT2D eigenvalue weighted by atomic mass is 9.92. The number of ether oxygens (including phenoxy) is 2. The highest BCUT2D eigenvalue weighted by atomic mass is 16.5. The van der Waals surface area contributed by atoms with Crippen LogP contribution in [-0.4, -0.2) is 65.5 Å². The molecule has 38 heavy (non-hydrogen) atoms. The van der Waals surface area contributed by atoms with Crippen LogP contribution in [0.3, 0.4) is 0 Å². The van der Waals surface area contributed by atoms with Crippen molar-refractivity contribution in [1.29, 1.82) is 5.26 Å². The normalized spacial score (nSPS) is 22.3. The van der Waals surface area contributed by atoms with Crippen LogP contribution in [-0.2, 0) is 22.5 Å². The molecule has 2 aromatic heterocycles. The van der Waals surface area contributed by atoms with Gasteiger partial charge in [0.25, 0.3) is 0 Å². The second-order valence-electron chi connectivity index (χ2n) is 9.95. The summed E-state index contributed by atoms with van der Waals surface area (Å²) in [6.45, 7) is 3.31. The Hall–Kier alpha value is -4.04. The van der Waals surface area contributed by atoms with E-state index in [0.717, 1.165) is 31.2 Å². The van der Waals surface area contributed by atoms with Crippen molar-refractivity contribution in [3.63, 3.8) is 0 Å². The number of pyridine rings is 2. The van der Waals surface area contributed by atoms with E-state index < -0.39 is 6.03 Å². The van der Waals surface area contributed by atoms with Crippen molar-refractivity contribution in [1.82, 2.24) is 14.9 Å². The van der Waals surface area contributed by atoms with Gasteiger partial charge in [-0.15, -0.1) is 0 Å². The third kappa shape index (κ3) is 4.91. The molecule has 1 aliphatic carbocycles. The Kier molecular flexibility index (Phi) is 7.24. The number of carbonyl (C=O) groups excluding carboxylic acids is 3. The lowest BCUT2D eigenvalue weighted by Gasteiger charge is -2.35. The fraction of sp³-hybridized carbons (Fsp3) is 0.481. The van der Waals surface area contributed by atoms with Gasteiger partial charge in [0.1, 0.15) is 40.8 Å². The third-order valence-corrected chi connectivity index (χ3v) is 7.51. The lowest BCUT2D eigenvalue weighted by molar-refractivity contribution is -0.131. The van der Waals surface area contributed by atoms with Gasteiger partial charge in [-0.25, -0.2) is 14.8 Å². The SMILES string of the molecule is CO[C@H]1CC[C@@H]1Oc1cc(NC(=O)N2CCCc3cc(CN4CC[C@H](C)C4=O)c(C=O)nc32)ncc1C#N. The second kappa shape index (κ2) is 10.8. The molecule has 0 bridgehead atoms. The summed E-state index contributed by atoms with van der Waals surface area (Å²) in [5.41, 5.74) is 2.02. The number of aldehydes is 1. The summed E-state index contributed by atoms with van der Waals surface area (Å²) < 4.78 is 11.4. The molecule has 3 atom stereocenters. The molecular formula is C27H30N6O5. The zero-order valence-electron chi connectivity index (χ0n) is 21.5. The van der Waals surface area contributed by atoms with Crippen LogP contribution in [0.5, 0.6) is 5.75 Å². The van der Waals surface area contributed by atoms with E-state index in [1.807, 2.05) is 13.0 Å². The Morgan fingerprint density at radius 3 is 2.74 bits per heavy atom. The Balaban J connectivity index is 1.35. The molecule has 0 spiro atoms. The molecule has 4 heterocycles. The molecule has 2 fully saturated rings. The second-order valence-corrected chi connectivity index (χ2v) is 9.95. The maximum Gasteiger partial charge on any atom is 0.328 e. The Morgan fingerprint density at radius 2 is 2.08 bits per heavy atom. The summed E-state index contributed by atoms with van der Waals surface area (Å²) in [7, 11) is 1.62. The molecule has 1 saturated carbocycles. The quantitative estimate of drug-likeness (QED) is 0.552. The van der Waals surface area contributed by atoms with Gasteiger partial charge in [0.15, 0.2) is 6.29 Å². The minimum absolute atomic E-state index is 0.0173. The van der Waals surface area contributed by atoms with Crippen molar-refractivity contribution in [2.45, 2.75) is 57.8 Å². The van der Waals surface area contributed by atoms with Gasteiger partial charge >= 0.3 is 6.03 Å². The fourth-order valence-electron chi connectivity index (χ4n) is 5.11. The third-order valence-electron chi connectivity index (χ3n) is 7.51. The molecule has 3 amide bonds. The lowest BCUT2D eigenvalue weighted by Crippen LogP contribution is -2.42. The van der Waals surface area contributed by atoms with Crippen LogP contribution in [0.1, 0.15) is 59.8 Å². The first-order chi connectivity index (χ1) is 18.4. The Morgan fingerprint density at radius 1 is 1.26 bits per heavy atom. The summed E-state index contributed by atoms with van der Waals surface area (Å²) in [6.07, 6.45) is 5.76. The van der Waals surface area contributed by atoms with Crippen LogP contribution in [0.2, 0.25) is 0 Å². The number of likely N-dealkylation sites (tertiary alicyclic amines) is 1. The molecule has 3 aliphatic rings. The van der Waals surface area contributed by atoms with Crippen LogP contribution in [0.15, 0.2) is 18.3 Å². The molecule has 2 aromatic rings. The van der Waals surface area contributed by atoms with Crippen LogP contribution >= 0.6 is 0 Å². The topological polar surface area (TPSA) is 138 Å². The number of rotatable bonds is 7. The largest absolute Gasteiger partial charge is 0.486 e. The van der Waals surface area contributed by atoms with Gasteiger partial charge < -0.3 is 14.4 Å². The number of methoxy groups -OCH3 is 1. The summed E-state index contributed by atoms with van der Waals surface area (Å²) in [4.78, 5) is 49.6. The predicted molar refractivity (Wildman–Crippen MR) is 137 cm³/mol. The van der Waals surface area contributed by atoms with E-state index >= 15 is 0 Å². The van der Waals surface area contributed by atoms with Crippen molar-refractivity contribution in [3.05, 3.63) is 40.7 Å². The van der Waals surface area contributed by atoms with Gasteiger partial charge in [0.05, 0.1) is 12.3 Å². The molecule has 1 saturated heterocycles. The van der Waals surface area contributed by atoms with Gasteiger partial charge in [-0.1, -0.05) is 6.92 Å². The number of amides is 3. The highest BCUT2D eigenvalue weighted by Crippen LogP contribution is 2.32. The van der Waals surface area contributed by atoms with Gasteiger partial charge in [-0.05, 0) is 43.7 Å². The van der Waals surface area contributed by atoms with Gasteiger partial charge in [0, 0.05) is 44.3 Å². The van der Waals surface area contributed by atoms with Gasteiger partial charge in [-0.3, -0.25) is 19.8 Å². The van der Waals surface area contributed by atoms with E-state index in [9.17, 15) is 19.6 Å². The number of nitrogens with one attached hydrogen (secondary N) is 1. The highest BCUT2D eigenvalue weighted by Gasteiger charge is 2.34. The number of urea groups is 1. The average Bonchev–Trinajstić information content (AvgIpc) is 3.22. The van der Waals surface area contributed by atoms with Crippen LogP contribution < -0.4 is 15.0 Å². The number of carbonyl (C=O) groups is 3. The van der Waals surface area contributed by atoms with E-state index in [4.69, 9.17) is 9.47 Å². The molecule has 198 valence electrons. The summed E-state index contributed by atoms with van der Waals surface area (Å²) in [6, 6.07) is 5.04. The van der Waals surface area contributed by atoms with Crippen molar-refractivity contribution >= 4 is 29.9 Å². The van der Waals surface area contributed by atoms with E-state index in [2.05, 4.69) is 21.4 Å². The van der Waals surface area contributed by atoms with E-state index in [1.165, 1.54) is 17.2 Å². The van der Waals surface area contributed by atoms with E-state index in [0.29, 0.717) is 49.5 Å². The molecule has 0 aromatic carbocycles. The summed E-state index contributed by atoms with van der Waals surface area (Å²) in [5, 5.41) is 12.2. The number of fused-ring (bicyclic) bond motifs is 1. The number of aryl methyl sites for hydroxylation is 1. The minimum Gasteiger partial charge on any atom is -0.486 e. The van der Waals surface area contributed by atoms with E-state index in [1.54, 1.807) is 12.0 Å². The van der Waals surface area contributed by atoms with Crippen molar-refractivity contribution in [2.24, 2.45) is 5.92 Å². The monoisotopic (exact) mass is 518 g/mol. The number of hydrogen-bond acceptors (Lipinski definition) is 8. The molecule has 0 radical (unpaired) electrons. The highest BCUT2D eigenvalue weighted by molar-refractivity contribution is 6.01. The number of anilines is 2. The smallest absolute Gasteiger partial charge is 0.328 e. The molecule has 5 rings (SSSR count). The van der Waals surface area contributed by atoms with Crippen molar-refractivity contribution < 1.29 is 23.9 Å². The maximum atomic E-state index is 13.3. The number of aromatic nitrogens is 2. The standard InChI is InChI=1S/C27H30N6O5/c1-16-7-9-32(26(16)35)14-18-10-17-4-3-8-33(25(17)30-20(18)15-34)27(36)31-24-11-23(19(12-28)13-29-24)38-22-6-5-21(22)37-2/h10-11,13,15-16,21-22H,3-9,14H2,1-2H3,(H,29,31,36)/t16-,21-,22-/m0/s1. The minimum atomic E-state index is -0.451. The number of nitrogens with zero attached hydrogens (tertiary/aromatic N) is 5. The Labute approximate surface area is 220 Å². The van der Waals surface area contributed by atoms with Crippen molar-refractivity contribution in [2.75, 3.05) is 30.4 Å². The molecule has 11 heteroatoms. The number of nitriles is 1. The van der Waals surface area contributed by atoms with Crippen LogP contribution in [0.25, 0.3) is 0 Å². The zero-order valence-corrected chi connectivity index (χ0v) is 21.5. The van der Waals surface area contributed by atoms with Gasteiger partial charge in [0.2, 0.25) is 5.91 Å². The Bertz CT molecular complexity index is 1310. The fourth-order valence-corrected chi connectivity index (χ4v) is 5.11. The molecule has 1 N–H and O–H groups in total.